The van der Waals surface area contributed by atoms with Gasteiger partial charge in [0.2, 0.25) is 5.91 Å². The van der Waals surface area contributed by atoms with E-state index < -0.39 is 4.92 Å². The summed E-state index contributed by atoms with van der Waals surface area (Å²) in [6, 6.07) is 10.2. The molecular weight excluding hydrogens is 374 g/mol. The topological polar surface area (TPSA) is 93.9 Å². The molecule has 8 heteroatoms. The van der Waals surface area contributed by atoms with Crippen molar-refractivity contribution in [2.24, 2.45) is 0 Å². The summed E-state index contributed by atoms with van der Waals surface area (Å²) in [5.41, 5.74) is 2.63. The molecule has 1 N–H and O–H groups in total. The Morgan fingerprint density at radius 2 is 1.83 bits per heavy atom. The van der Waals surface area contributed by atoms with E-state index in [4.69, 9.17) is 9.47 Å². The first-order valence-electron chi connectivity index (χ1n) is 9.30. The number of hydrogen-bond acceptors (Lipinski definition) is 6. The number of anilines is 1. The van der Waals surface area contributed by atoms with Gasteiger partial charge in [-0.3, -0.25) is 14.9 Å². The van der Waals surface area contributed by atoms with E-state index in [1.54, 1.807) is 0 Å². The minimum atomic E-state index is -0.511. The highest BCUT2D eigenvalue weighted by atomic mass is 16.6. The number of nitrogens with one attached hydrogen (secondary N) is 1. The highest BCUT2D eigenvalue weighted by molar-refractivity contribution is 5.92. The standard InChI is InChI=1S/C21H27N3O5/c1-15-11-16(2)13-18(12-15)29-10-9-23(3)8-7-21(25)22-19-6-5-17(24(26)27)14-20(19)28-4/h5-6,11-14H,7-10H2,1-4H3,(H,22,25). The normalized spacial score (nSPS) is 10.7. The smallest absolute Gasteiger partial charge is 0.273 e. The summed E-state index contributed by atoms with van der Waals surface area (Å²) in [7, 11) is 3.32. The number of amides is 1. The zero-order valence-corrected chi connectivity index (χ0v) is 17.2. The maximum absolute atomic E-state index is 12.2. The number of nitrogens with zero attached hydrogens (tertiary/aromatic N) is 2. The SMILES string of the molecule is COc1cc([N+](=O)[O-])ccc1NC(=O)CCN(C)CCOc1cc(C)cc(C)c1. The van der Waals surface area contributed by atoms with Crippen LogP contribution in [0.2, 0.25) is 0 Å². The van der Waals surface area contributed by atoms with E-state index in [9.17, 15) is 14.9 Å². The Labute approximate surface area is 170 Å². The molecule has 0 fully saturated rings. The maximum Gasteiger partial charge on any atom is 0.273 e. The molecule has 0 aliphatic heterocycles. The number of nitro benzene ring substituents is 1. The van der Waals surface area contributed by atoms with Gasteiger partial charge in [-0.1, -0.05) is 6.07 Å². The molecule has 0 bridgehead atoms. The molecule has 2 aromatic carbocycles. The molecule has 0 heterocycles. The number of ether oxygens (including phenoxy) is 2. The lowest BCUT2D eigenvalue weighted by Gasteiger charge is -2.17. The number of non-ortho nitro benzene ring substituents is 1. The van der Waals surface area contributed by atoms with E-state index in [0.29, 0.717) is 25.4 Å². The van der Waals surface area contributed by atoms with Crippen LogP contribution in [0.25, 0.3) is 0 Å². The van der Waals surface area contributed by atoms with Gasteiger partial charge < -0.3 is 19.7 Å². The van der Waals surface area contributed by atoms with Gasteiger partial charge in [-0.2, -0.15) is 0 Å². The molecule has 29 heavy (non-hydrogen) atoms. The number of carbonyl (C=O) groups is 1. The average molecular weight is 401 g/mol. The number of nitro groups is 1. The van der Waals surface area contributed by atoms with Crippen LogP contribution in [0.3, 0.4) is 0 Å². The molecule has 0 aromatic heterocycles. The number of benzene rings is 2. The molecule has 2 rings (SSSR count). The van der Waals surface area contributed by atoms with Crippen molar-refractivity contribution in [3.63, 3.8) is 0 Å². The summed E-state index contributed by atoms with van der Waals surface area (Å²) in [5.74, 6) is 0.904. The Hall–Kier alpha value is -3.13. The van der Waals surface area contributed by atoms with Crippen LogP contribution in [0, 0.1) is 24.0 Å². The van der Waals surface area contributed by atoms with E-state index in [1.165, 1.54) is 25.3 Å². The van der Waals surface area contributed by atoms with Gasteiger partial charge in [0, 0.05) is 25.6 Å². The second-order valence-electron chi connectivity index (χ2n) is 6.92. The largest absolute Gasteiger partial charge is 0.494 e. The molecule has 0 saturated heterocycles. The minimum Gasteiger partial charge on any atom is -0.494 e. The van der Waals surface area contributed by atoms with Crippen molar-refractivity contribution in [1.29, 1.82) is 0 Å². The highest BCUT2D eigenvalue weighted by Gasteiger charge is 2.13. The summed E-state index contributed by atoms with van der Waals surface area (Å²) in [6.07, 6.45) is 0.278. The summed E-state index contributed by atoms with van der Waals surface area (Å²) in [5, 5.41) is 13.6. The summed E-state index contributed by atoms with van der Waals surface area (Å²) >= 11 is 0. The molecule has 0 saturated carbocycles. The summed E-state index contributed by atoms with van der Waals surface area (Å²) in [6.45, 7) is 5.82. The molecule has 8 nitrogen and oxygen atoms in total. The predicted octanol–water partition coefficient (Wildman–Crippen LogP) is 3.56. The number of carbonyl (C=O) groups excluding carboxylic acids is 1. The third-order valence-corrected chi connectivity index (χ3v) is 4.33. The third kappa shape index (κ3) is 7.08. The van der Waals surface area contributed by atoms with Crippen LogP contribution in [-0.2, 0) is 4.79 Å². The quantitative estimate of drug-likeness (QED) is 0.483. The van der Waals surface area contributed by atoms with Gasteiger partial charge in [0.25, 0.3) is 5.69 Å². The maximum atomic E-state index is 12.2. The number of aryl methyl sites for hydroxylation is 2. The van der Waals surface area contributed by atoms with Crippen molar-refractivity contribution < 1.29 is 19.2 Å². The fraction of sp³-hybridized carbons (Fsp3) is 0.381. The summed E-state index contributed by atoms with van der Waals surface area (Å²) < 4.78 is 10.9. The van der Waals surface area contributed by atoms with Crippen molar-refractivity contribution in [2.75, 3.05) is 39.2 Å². The average Bonchev–Trinajstić information content (AvgIpc) is 2.65. The molecule has 0 atom stereocenters. The Balaban J connectivity index is 1.77. The van der Waals surface area contributed by atoms with Crippen LogP contribution in [-0.4, -0.2) is 49.6 Å². The first kappa shape index (κ1) is 22.2. The van der Waals surface area contributed by atoms with E-state index in [-0.39, 0.29) is 23.8 Å². The van der Waals surface area contributed by atoms with E-state index in [1.807, 2.05) is 37.9 Å². The highest BCUT2D eigenvalue weighted by Crippen LogP contribution is 2.29. The molecule has 0 radical (unpaired) electrons. The van der Waals surface area contributed by atoms with Gasteiger partial charge in [-0.25, -0.2) is 0 Å². The first-order valence-corrected chi connectivity index (χ1v) is 9.30. The van der Waals surface area contributed by atoms with E-state index in [0.717, 1.165) is 16.9 Å². The Bertz CT molecular complexity index is 849. The molecule has 1 amide bonds. The van der Waals surface area contributed by atoms with E-state index in [2.05, 4.69) is 11.4 Å². The monoisotopic (exact) mass is 401 g/mol. The molecule has 0 aliphatic carbocycles. The van der Waals surface area contributed by atoms with Gasteiger partial charge in [0.15, 0.2) is 0 Å². The number of likely N-dealkylation sites (N-methyl/N-ethyl adjacent to an activating group) is 1. The van der Waals surface area contributed by atoms with Gasteiger partial charge in [0.1, 0.15) is 18.1 Å². The molecule has 0 aliphatic rings. The molecule has 2 aromatic rings. The Morgan fingerprint density at radius 1 is 1.14 bits per heavy atom. The Morgan fingerprint density at radius 3 is 2.45 bits per heavy atom. The van der Waals surface area contributed by atoms with Crippen molar-refractivity contribution >= 4 is 17.3 Å². The lowest BCUT2D eigenvalue weighted by atomic mass is 10.1. The minimum absolute atomic E-state index is 0.0941. The zero-order chi connectivity index (χ0) is 21.4. The van der Waals surface area contributed by atoms with Gasteiger partial charge in [-0.05, 0) is 50.2 Å². The van der Waals surface area contributed by atoms with Crippen LogP contribution < -0.4 is 14.8 Å². The second kappa shape index (κ2) is 10.4. The number of hydrogen-bond donors (Lipinski definition) is 1. The Kier molecular flexibility index (Phi) is 7.97. The second-order valence-corrected chi connectivity index (χ2v) is 6.92. The first-order chi connectivity index (χ1) is 13.8. The van der Waals surface area contributed by atoms with Gasteiger partial charge >= 0.3 is 0 Å². The van der Waals surface area contributed by atoms with Gasteiger partial charge in [0.05, 0.1) is 23.8 Å². The number of rotatable bonds is 10. The molecule has 0 spiro atoms. The fourth-order valence-corrected chi connectivity index (χ4v) is 2.85. The summed E-state index contributed by atoms with van der Waals surface area (Å²) in [4.78, 5) is 24.6. The fourth-order valence-electron chi connectivity index (χ4n) is 2.85. The molecule has 156 valence electrons. The zero-order valence-electron chi connectivity index (χ0n) is 17.2. The van der Waals surface area contributed by atoms with Crippen LogP contribution in [0.1, 0.15) is 17.5 Å². The van der Waals surface area contributed by atoms with Gasteiger partial charge in [-0.15, -0.1) is 0 Å². The molecular formula is C21H27N3O5. The van der Waals surface area contributed by atoms with Crippen molar-refractivity contribution in [3.05, 3.63) is 57.6 Å². The lowest BCUT2D eigenvalue weighted by molar-refractivity contribution is -0.384. The molecule has 0 unspecified atom stereocenters. The third-order valence-electron chi connectivity index (χ3n) is 4.33. The predicted molar refractivity (Wildman–Crippen MR) is 112 cm³/mol. The number of methoxy groups -OCH3 is 1. The van der Waals surface area contributed by atoms with Crippen molar-refractivity contribution in [2.45, 2.75) is 20.3 Å². The van der Waals surface area contributed by atoms with Crippen molar-refractivity contribution in [1.82, 2.24) is 4.90 Å². The van der Waals surface area contributed by atoms with Crippen LogP contribution in [0.5, 0.6) is 11.5 Å². The lowest BCUT2D eigenvalue weighted by Crippen LogP contribution is -2.28. The van der Waals surface area contributed by atoms with E-state index >= 15 is 0 Å². The van der Waals surface area contributed by atoms with Crippen LogP contribution >= 0.6 is 0 Å². The van der Waals surface area contributed by atoms with Crippen LogP contribution in [0.4, 0.5) is 11.4 Å². The van der Waals surface area contributed by atoms with Crippen LogP contribution in [0.15, 0.2) is 36.4 Å². The van der Waals surface area contributed by atoms with Crippen molar-refractivity contribution in [3.8, 4) is 11.5 Å².